The average molecular weight is 742 g/mol. The molecule has 11 nitrogen and oxygen atoms in total. The van der Waals surface area contributed by atoms with Gasteiger partial charge in [-0.15, -0.1) is 0 Å². The van der Waals surface area contributed by atoms with E-state index in [9.17, 15) is 23.6 Å². The summed E-state index contributed by atoms with van der Waals surface area (Å²) in [5, 5.41) is 8.01. The number of nitrogens with one attached hydrogen (secondary N) is 1. The molecule has 3 saturated heterocycles. The minimum Gasteiger partial charge on any atom is -0.338 e. The largest absolute Gasteiger partial charge is 0.338 e. The van der Waals surface area contributed by atoms with Crippen molar-refractivity contribution in [2.45, 2.75) is 83.7 Å². The van der Waals surface area contributed by atoms with E-state index in [1.54, 1.807) is 29.2 Å². The molecule has 4 heterocycles. The highest BCUT2D eigenvalue weighted by atomic mass is 19.1. The third-order valence-electron chi connectivity index (χ3n) is 12.4. The standard InChI is InChI=1S/C42H56FN7O4/c1-29-25-47(26-30(2)50(29)39(51)24-31-8-4-3-5-9-31)27-32-14-16-46(17-15-32)28-40(52)48-18-20-49(21-19-48)42(54)36-22-33(12-13-37(36)43)23-38-34-10-6-7-11-35(34)41(53)45-44-38/h6-7,10-13,22,29-32H,3-5,8-9,14-21,23-28H2,1-2H3,(H,45,53)/t29-,30-/m0/s1. The lowest BCUT2D eigenvalue weighted by Crippen LogP contribution is -2.59. The Balaban J connectivity index is 0.842. The number of likely N-dealkylation sites (tertiary alicyclic amines) is 1. The second-order valence-corrected chi connectivity index (χ2v) is 16.4. The van der Waals surface area contributed by atoms with Crippen LogP contribution in [-0.2, 0) is 16.0 Å². The van der Waals surface area contributed by atoms with E-state index in [1.165, 1.54) is 38.2 Å². The number of amides is 3. The SMILES string of the molecule is C[C@H]1CN(CC2CCN(CC(=O)N3CCN(C(=O)c4cc(Cc5n[nH]c(=O)c6ccccc56)ccc4F)CC3)CC2)C[C@H](C)N1C(=O)CC1CCCCC1. The van der Waals surface area contributed by atoms with E-state index in [1.807, 2.05) is 17.0 Å². The van der Waals surface area contributed by atoms with E-state index in [-0.39, 0.29) is 35.0 Å². The molecule has 0 spiro atoms. The van der Waals surface area contributed by atoms with Gasteiger partial charge in [0.05, 0.1) is 23.2 Å². The second-order valence-electron chi connectivity index (χ2n) is 16.4. The van der Waals surface area contributed by atoms with Crippen LogP contribution in [0.15, 0.2) is 47.3 Å². The molecule has 54 heavy (non-hydrogen) atoms. The van der Waals surface area contributed by atoms with Crippen molar-refractivity contribution in [3.05, 3.63) is 75.5 Å². The molecule has 12 heteroatoms. The molecule has 290 valence electrons. The van der Waals surface area contributed by atoms with Gasteiger partial charge in [0.25, 0.3) is 11.5 Å². The highest BCUT2D eigenvalue weighted by Gasteiger charge is 2.35. The molecule has 0 bridgehead atoms. The van der Waals surface area contributed by atoms with Gasteiger partial charge in [-0.1, -0.05) is 43.5 Å². The van der Waals surface area contributed by atoms with Crippen LogP contribution in [0.2, 0.25) is 0 Å². The lowest BCUT2D eigenvalue weighted by molar-refractivity contribution is -0.140. The predicted octanol–water partition coefficient (Wildman–Crippen LogP) is 4.54. The normalized spacial score (nSPS) is 22.5. The van der Waals surface area contributed by atoms with Crippen molar-refractivity contribution in [3.8, 4) is 0 Å². The highest BCUT2D eigenvalue weighted by molar-refractivity contribution is 5.95. The first kappa shape index (κ1) is 38.1. The fourth-order valence-corrected chi connectivity index (χ4v) is 9.48. The van der Waals surface area contributed by atoms with Gasteiger partial charge in [-0.3, -0.25) is 29.0 Å². The topological polar surface area (TPSA) is 113 Å². The molecular weight excluding hydrogens is 686 g/mol. The van der Waals surface area contributed by atoms with Crippen LogP contribution in [0, 0.1) is 17.7 Å². The van der Waals surface area contributed by atoms with Crippen molar-refractivity contribution >= 4 is 28.5 Å². The predicted molar refractivity (Wildman–Crippen MR) is 207 cm³/mol. The lowest BCUT2D eigenvalue weighted by Gasteiger charge is -2.46. The maximum absolute atomic E-state index is 15.0. The minimum atomic E-state index is -0.587. The summed E-state index contributed by atoms with van der Waals surface area (Å²) in [6.07, 6.45) is 9.40. The van der Waals surface area contributed by atoms with Crippen LogP contribution in [0.3, 0.4) is 0 Å². The fraction of sp³-hybridized carbons (Fsp3) is 0.595. The Morgan fingerprint density at radius 3 is 2.15 bits per heavy atom. The molecule has 2 aromatic carbocycles. The number of fused-ring (bicyclic) bond motifs is 1. The Kier molecular flexibility index (Phi) is 12.1. The second kappa shape index (κ2) is 17.1. The first-order valence-corrected chi connectivity index (χ1v) is 20.2. The molecule has 1 aliphatic carbocycles. The number of aromatic amines is 1. The van der Waals surface area contributed by atoms with Crippen molar-refractivity contribution in [3.63, 3.8) is 0 Å². The molecule has 1 saturated carbocycles. The molecule has 2 atom stereocenters. The first-order valence-electron chi connectivity index (χ1n) is 20.2. The average Bonchev–Trinajstić information content (AvgIpc) is 3.17. The van der Waals surface area contributed by atoms with Crippen molar-refractivity contribution in [1.29, 1.82) is 0 Å². The number of piperazine rings is 2. The van der Waals surface area contributed by atoms with E-state index in [2.05, 4.69) is 38.7 Å². The summed E-state index contributed by atoms with van der Waals surface area (Å²) in [5.41, 5.74) is 1.08. The van der Waals surface area contributed by atoms with Gasteiger partial charge < -0.3 is 14.7 Å². The summed E-state index contributed by atoms with van der Waals surface area (Å²) >= 11 is 0. The van der Waals surface area contributed by atoms with Gasteiger partial charge in [-0.2, -0.15) is 5.10 Å². The maximum Gasteiger partial charge on any atom is 0.272 e. The molecule has 3 amide bonds. The third-order valence-corrected chi connectivity index (χ3v) is 12.4. The van der Waals surface area contributed by atoms with Crippen LogP contribution in [-0.4, -0.2) is 130 Å². The molecule has 4 fully saturated rings. The Hall–Kier alpha value is -4.16. The molecule has 3 aliphatic heterocycles. The molecular formula is C42H56FN7O4. The number of piperidine rings is 1. The van der Waals surface area contributed by atoms with Crippen LogP contribution in [0.4, 0.5) is 4.39 Å². The van der Waals surface area contributed by atoms with Gasteiger partial charge in [0.2, 0.25) is 11.8 Å². The number of carbonyl (C=O) groups is 3. The van der Waals surface area contributed by atoms with E-state index in [0.717, 1.165) is 51.0 Å². The molecule has 1 N–H and O–H groups in total. The molecule has 1 aromatic heterocycles. The number of benzene rings is 2. The van der Waals surface area contributed by atoms with Crippen LogP contribution in [0.5, 0.6) is 0 Å². The minimum absolute atomic E-state index is 0.00202. The Morgan fingerprint density at radius 2 is 1.44 bits per heavy atom. The zero-order chi connectivity index (χ0) is 37.8. The van der Waals surface area contributed by atoms with E-state index in [0.29, 0.717) is 80.0 Å². The van der Waals surface area contributed by atoms with Gasteiger partial charge in [0.1, 0.15) is 5.82 Å². The van der Waals surface area contributed by atoms with Crippen LogP contribution >= 0.6 is 0 Å². The number of hydrogen-bond donors (Lipinski definition) is 1. The first-order chi connectivity index (χ1) is 26.1. The Bertz CT molecular complexity index is 1850. The lowest BCUT2D eigenvalue weighted by atomic mass is 9.86. The summed E-state index contributed by atoms with van der Waals surface area (Å²) in [4.78, 5) is 62.7. The monoisotopic (exact) mass is 741 g/mol. The van der Waals surface area contributed by atoms with E-state index < -0.39 is 5.82 Å². The third kappa shape index (κ3) is 8.86. The smallest absolute Gasteiger partial charge is 0.272 e. The van der Waals surface area contributed by atoms with Gasteiger partial charge >= 0.3 is 0 Å². The number of hydrogen-bond acceptors (Lipinski definition) is 7. The Morgan fingerprint density at radius 1 is 0.778 bits per heavy atom. The van der Waals surface area contributed by atoms with Crippen molar-refractivity contribution < 1.29 is 18.8 Å². The molecule has 4 aliphatic rings. The number of carbonyl (C=O) groups excluding carboxylic acids is 3. The van der Waals surface area contributed by atoms with Crippen LogP contribution in [0.1, 0.15) is 86.8 Å². The van der Waals surface area contributed by atoms with Gasteiger partial charge in [-0.05, 0) is 88.2 Å². The summed E-state index contributed by atoms with van der Waals surface area (Å²) < 4.78 is 15.0. The van der Waals surface area contributed by atoms with Gasteiger partial charge in [-0.25, -0.2) is 9.49 Å². The maximum atomic E-state index is 15.0. The van der Waals surface area contributed by atoms with E-state index in [4.69, 9.17) is 0 Å². The van der Waals surface area contributed by atoms with Crippen molar-refractivity contribution in [1.82, 2.24) is 34.7 Å². The number of halogens is 1. The number of H-pyrrole nitrogens is 1. The molecule has 7 rings (SSSR count). The summed E-state index contributed by atoms with van der Waals surface area (Å²) in [5.74, 6) is 0.595. The number of nitrogens with zero attached hydrogens (tertiary/aromatic N) is 6. The quantitative estimate of drug-likeness (QED) is 0.343. The molecule has 3 aromatic rings. The number of rotatable bonds is 9. The van der Waals surface area contributed by atoms with Crippen molar-refractivity contribution in [2.24, 2.45) is 11.8 Å². The molecule has 0 unspecified atom stereocenters. The number of aromatic nitrogens is 2. The van der Waals surface area contributed by atoms with Crippen LogP contribution < -0.4 is 5.56 Å². The fourth-order valence-electron chi connectivity index (χ4n) is 9.48. The van der Waals surface area contributed by atoms with Gasteiger partial charge in [0.15, 0.2) is 0 Å². The highest BCUT2D eigenvalue weighted by Crippen LogP contribution is 2.29. The zero-order valence-corrected chi connectivity index (χ0v) is 32.0. The summed E-state index contributed by atoms with van der Waals surface area (Å²) in [6, 6.07) is 12.2. The van der Waals surface area contributed by atoms with E-state index >= 15 is 0 Å². The zero-order valence-electron chi connectivity index (χ0n) is 32.0. The van der Waals surface area contributed by atoms with Crippen molar-refractivity contribution in [2.75, 3.05) is 65.4 Å². The van der Waals surface area contributed by atoms with Crippen LogP contribution in [0.25, 0.3) is 10.8 Å². The molecule has 0 radical (unpaired) electrons. The Labute approximate surface area is 317 Å². The van der Waals surface area contributed by atoms with Gasteiger partial charge in [0, 0.05) is 76.1 Å². The summed E-state index contributed by atoms with van der Waals surface area (Å²) in [6.45, 7) is 11.0. The summed E-state index contributed by atoms with van der Waals surface area (Å²) in [7, 11) is 0.